The van der Waals surface area contributed by atoms with Crippen LogP contribution in [-0.4, -0.2) is 5.91 Å². The van der Waals surface area contributed by atoms with Gasteiger partial charge in [-0.1, -0.05) is 19.1 Å². The number of anilines is 1. The minimum atomic E-state index is -0.0607. The Morgan fingerprint density at radius 3 is 2.70 bits per heavy atom. The van der Waals surface area contributed by atoms with E-state index in [2.05, 4.69) is 18.3 Å². The maximum Gasteiger partial charge on any atom is 0.252 e. The maximum atomic E-state index is 12.4. The van der Waals surface area contributed by atoms with Crippen LogP contribution in [0.5, 0.6) is 0 Å². The summed E-state index contributed by atoms with van der Waals surface area (Å²) in [6.45, 7) is 5.96. The number of nitrogens with two attached hydrogens (primary N) is 1. The van der Waals surface area contributed by atoms with Crippen molar-refractivity contribution >= 4 is 22.9 Å². The van der Waals surface area contributed by atoms with Gasteiger partial charge in [-0.15, -0.1) is 11.3 Å². The molecule has 0 bridgehead atoms. The number of aryl methyl sites for hydroxylation is 2. The van der Waals surface area contributed by atoms with Crippen molar-refractivity contribution in [3.05, 3.63) is 51.2 Å². The lowest BCUT2D eigenvalue weighted by Gasteiger charge is -2.17. The average Bonchev–Trinajstić information content (AvgIpc) is 2.93. The van der Waals surface area contributed by atoms with Gasteiger partial charge in [-0.3, -0.25) is 4.79 Å². The van der Waals surface area contributed by atoms with Gasteiger partial charge in [0, 0.05) is 16.1 Å². The number of thiophene rings is 1. The van der Waals surface area contributed by atoms with Crippen molar-refractivity contribution in [3.8, 4) is 0 Å². The zero-order chi connectivity index (χ0) is 14.7. The van der Waals surface area contributed by atoms with Gasteiger partial charge in [0.2, 0.25) is 0 Å². The lowest BCUT2D eigenvalue weighted by Crippen LogP contribution is -2.28. The van der Waals surface area contributed by atoms with Gasteiger partial charge in [0.25, 0.3) is 5.91 Å². The van der Waals surface area contributed by atoms with Gasteiger partial charge in [-0.2, -0.15) is 0 Å². The van der Waals surface area contributed by atoms with Crippen LogP contribution in [0.3, 0.4) is 0 Å². The van der Waals surface area contributed by atoms with Crippen molar-refractivity contribution < 1.29 is 4.79 Å². The first-order valence-corrected chi connectivity index (χ1v) is 7.62. The first-order chi connectivity index (χ1) is 9.52. The van der Waals surface area contributed by atoms with E-state index >= 15 is 0 Å². The molecular weight excluding hydrogens is 268 g/mol. The zero-order valence-corrected chi connectivity index (χ0v) is 12.9. The second kappa shape index (κ2) is 6.09. The molecule has 1 amide bonds. The van der Waals surface area contributed by atoms with E-state index in [4.69, 9.17) is 5.73 Å². The third kappa shape index (κ3) is 3.02. The molecule has 0 saturated heterocycles. The summed E-state index contributed by atoms with van der Waals surface area (Å²) in [4.78, 5) is 13.6. The number of hydrogen-bond donors (Lipinski definition) is 2. The molecule has 0 spiro atoms. The van der Waals surface area contributed by atoms with Gasteiger partial charge < -0.3 is 11.1 Å². The molecule has 0 radical (unpaired) electrons. The maximum absolute atomic E-state index is 12.4. The molecule has 0 aliphatic heterocycles. The predicted molar refractivity (Wildman–Crippen MR) is 85.1 cm³/mol. The summed E-state index contributed by atoms with van der Waals surface area (Å²) >= 11 is 1.66. The molecule has 3 nitrogen and oxygen atoms in total. The number of nitrogens with one attached hydrogen (secondary N) is 1. The van der Waals surface area contributed by atoms with Gasteiger partial charge in [0.05, 0.1) is 6.04 Å². The van der Waals surface area contributed by atoms with E-state index in [9.17, 15) is 4.79 Å². The SMILES string of the molecule is CCC(NC(=O)c1cc(N)c(C)cc1C)c1cccs1. The molecule has 106 valence electrons. The monoisotopic (exact) mass is 288 g/mol. The summed E-state index contributed by atoms with van der Waals surface area (Å²) in [5, 5.41) is 5.12. The summed E-state index contributed by atoms with van der Waals surface area (Å²) in [6.07, 6.45) is 0.868. The highest BCUT2D eigenvalue weighted by Gasteiger charge is 2.17. The Balaban J connectivity index is 2.21. The normalized spacial score (nSPS) is 12.2. The zero-order valence-electron chi connectivity index (χ0n) is 12.1. The molecule has 0 aliphatic rings. The first kappa shape index (κ1) is 14.6. The van der Waals surface area contributed by atoms with Gasteiger partial charge in [-0.05, 0) is 48.9 Å². The quantitative estimate of drug-likeness (QED) is 0.840. The fraction of sp³-hybridized carbons (Fsp3) is 0.312. The fourth-order valence-electron chi connectivity index (χ4n) is 2.21. The highest BCUT2D eigenvalue weighted by Crippen LogP contribution is 2.23. The van der Waals surface area contributed by atoms with Gasteiger partial charge in [-0.25, -0.2) is 0 Å². The fourth-order valence-corrected chi connectivity index (χ4v) is 3.07. The topological polar surface area (TPSA) is 55.1 Å². The summed E-state index contributed by atoms with van der Waals surface area (Å²) in [6, 6.07) is 7.83. The van der Waals surface area contributed by atoms with E-state index in [-0.39, 0.29) is 11.9 Å². The largest absolute Gasteiger partial charge is 0.398 e. The number of nitrogen functional groups attached to an aromatic ring is 1. The smallest absolute Gasteiger partial charge is 0.252 e. The molecule has 20 heavy (non-hydrogen) atoms. The molecule has 0 fully saturated rings. The Morgan fingerprint density at radius 1 is 1.35 bits per heavy atom. The van der Waals surface area contributed by atoms with Crippen LogP contribution in [0.4, 0.5) is 5.69 Å². The summed E-state index contributed by atoms with van der Waals surface area (Å²) < 4.78 is 0. The molecule has 1 aromatic carbocycles. The number of rotatable bonds is 4. The molecule has 2 rings (SSSR count). The highest BCUT2D eigenvalue weighted by atomic mass is 32.1. The van der Waals surface area contributed by atoms with Crippen molar-refractivity contribution in [1.82, 2.24) is 5.32 Å². The Morgan fingerprint density at radius 2 is 2.10 bits per heavy atom. The molecule has 0 aliphatic carbocycles. The molecule has 4 heteroatoms. The number of amides is 1. The van der Waals surface area contributed by atoms with Gasteiger partial charge >= 0.3 is 0 Å². The third-order valence-corrected chi connectivity index (χ3v) is 4.44. The van der Waals surface area contributed by atoms with E-state index in [1.54, 1.807) is 17.4 Å². The van der Waals surface area contributed by atoms with E-state index in [1.165, 1.54) is 4.88 Å². The van der Waals surface area contributed by atoms with Gasteiger partial charge in [0.1, 0.15) is 0 Å². The molecule has 1 heterocycles. The molecular formula is C16H20N2OS. The molecule has 3 N–H and O–H groups in total. The van der Waals surface area contributed by atoms with Crippen molar-refractivity contribution in [3.63, 3.8) is 0 Å². The minimum absolute atomic E-state index is 0.0597. The van der Waals surface area contributed by atoms with Gasteiger partial charge in [0.15, 0.2) is 0 Å². The number of carbonyl (C=O) groups excluding carboxylic acids is 1. The molecule has 2 aromatic rings. The average molecular weight is 288 g/mol. The van der Waals surface area contributed by atoms with Crippen LogP contribution < -0.4 is 11.1 Å². The second-order valence-corrected chi connectivity index (χ2v) is 5.95. The lowest BCUT2D eigenvalue weighted by atomic mass is 10.0. The molecule has 0 saturated carbocycles. The second-order valence-electron chi connectivity index (χ2n) is 4.97. The van der Waals surface area contributed by atoms with Crippen molar-refractivity contribution in [2.45, 2.75) is 33.2 Å². The van der Waals surface area contributed by atoms with E-state index in [1.807, 2.05) is 31.4 Å². The molecule has 1 atom stereocenters. The van der Waals surface area contributed by atoms with Crippen LogP contribution >= 0.6 is 11.3 Å². The van der Waals surface area contributed by atoms with E-state index in [0.717, 1.165) is 17.5 Å². The number of carbonyl (C=O) groups is 1. The highest BCUT2D eigenvalue weighted by molar-refractivity contribution is 7.10. The van der Waals surface area contributed by atoms with Crippen molar-refractivity contribution in [2.75, 3.05) is 5.73 Å². The van der Waals surface area contributed by atoms with Crippen LogP contribution in [-0.2, 0) is 0 Å². The third-order valence-electron chi connectivity index (χ3n) is 3.46. The molecule has 1 aromatic heterocycles. The van der Waals surface area contributed by atoms with Crippen LogP contribution in [0.15, 0.2) is 29.6 Å². The Labute approximate surface area is 123 Å². The Hall–Kier alpha value is -1.81. The van der Waals surface area contributed by atoms with Crippen LogP contribution in [0.1, 0.15) is 45.7 Å². The van der Waals surface area contributed by atoms with Crippen molar-refractivity contribution in [1.29, 1.82) is 0 Å². The van der Waals surface area contributed by atoms with E-state index < -0.39 is 0 Å². The van der Waals surface area contributed by atoms with Crippen molar-refractivity contribution in [2.24, 2.45) is 0 Å². The first-order valence-electron chi connectivity index (χ1n) is 6.74. The predicted octanol–water partition coefficient (Wildman–Crippen LogP) is 3.83. The number of benzene rings is 1. The summed E-state index contributed by atoms with van der Waals surface area (Å²) in [5.41, 5.74) is 9.18. The lowest BCUT2D eigenvalue weighted by molar-refractivity contribution is 0.0935. The van der Waals surface area contributed by atoms with Crippen LogP contribution in [0.2, 0.25) is 0 Å². The van der Waals surface area contributed by atoms with Crippen LogP contribution in [0.25, 0.3) is 0 Å². The Bertz CT molecular complexity index is 605. The number of hydrogen-bond acceptors (Lipinski definition) is 3. The summed E-state index contributed by atoms with van der Waals surface area (Å²) in [7, 11) is 0. The minimum Gasteiger partial charge on any atom is -0.398 e. The standard InChI is InChI=1S/C16H20N2OS/c1-4-14(15-6-5-7-20-15)18-16(19)12-9-13(17)11(3)8-10(12)2/h5-9,14H,4,17H2,1-3H3,(H,18,19). The van der Waals surface area contributed by atoms with E-state index in [0.29, 0.717) is 11.3 Å². The summed E-state index contributed by atoms with van der Waals surface area (Å²) in [5.74, 6) is -0.0607. The molecule has 1 unspecified atom stereocenters. The Kier molecular flexibility index (Phi) is 4.45. The van der Waals surface area contributed by atoms with Crippen LogP contribution in [0, 0.1) is 13.8 Å².